The third-order valence-corrected chi connectivity index (χ3v) is 7.32. The number of anilines is 1. The number of benzene rings is 1. The maximum absolute atomic E-state index is 12.7. The Morgan fingerprint density at radius 3 is 2.62 bits per heavy atom. The third kappa shape index (κ3) is 4.01. The zero-order chi connectivity index (χ0) is 20.8. The molecule has 0 radical (unpaired) electrons. The largest absolute Gasteiger partial charge is 0.393 e. The highest BCUT2D eigenvalue weighted by atomic mass is 32.2. The van der Waals surface area contributed by atoms with Crippen molar-refractivity contribution in [3.63, 3.8) is 0 Å². The summed E-state index contributed by atoms with van der Waals surface area (Å²) >= 11 is 1.47. The number of hydrogen-bond acceptors (Lipinski definition) is 8. The highest BCUT2D eigenvalue weighted by Gasteiger charge is 2.31. The molecule has 0 saturated heterocycles. The van der Waals surface area contributed by atoms with Crippen molar-refractivity contribution in [2.45, 2.75) is 43.7 Å². The Morgan fingerprint density at radius 1 is 1.21 bits per heavy atom. The zero-order valence-corrected chi connectivity index (χ0v) is 17.6. The van der Waals surface area contributed by atoms with Crippen LogP contribution in [0.1, 0.15) is 23.4 Å². The second kappa shape index (κ2) is 7.45. The van der Waals surface area contributed by atoms with Crippen LogP contribution in [0.5, 0.6) is 0 Å². The van der Waals surface area contributed by atoms with E-state index in [0.717, 1.165) is 15.4 Å². The lowest BCUT2D eigenvalue weighted by molar-refractivity contribution is 0.0712. The van der Waals surface area contributed by atoms with Gasteiger partial charge in [-0.15, -0.1) is 11.3 Å². The molecule has 152 valence electrons. The Bertz CT molecular complexity index is 1170. The fraction of sp³-hybridized carbons (Fsp3) is 0.316. The molecule has 0 spiro atoms. The summed E-state index contributed by atoms with van der Waals surface area (Å²) in [5.74, 6) is 0.295. The number of nitrogens with zero attached hydrogens (tertiary/aromatic N) is 3. The summed E-state index contributed by atoms with van der Waals surface area (Å²) in [6.07, 6.45) is 3.67. The zero-order valence-electron chi connectivity index (χ0n) is 16.0. The van der Waals surface area contributed by atoms with Gasteiger partial charge in [0.15, 0.2) is 5.82 Å². The fourth-order valence-electron chi connectivity index (χ4n) is 3.20. The van der Waals surface area contributed by atoms with E-state index in [1.807, 2.05) is 13.8 Å². The van der Waals surface area contributed by atoms with Crippen molar-refractivity contribution in [1.29, 1.82) is 0 Å². The van der Waals surface area contributed by atoms with Crippen molar-refractivity contribution >= 4 is 27.2 Å². The van der Waals surface area contributed by atoms with Gasteiger partial charge in [0.1, 0.15) is 5.69 Å². The first-order valence-corrected chi connectivity index (χ1v) is 11.4. The molecule has 1 saturated carbocycles. The quantitative estimate of drug-likeness (QED) is 0.565. The summed E-state index contributed by atoms with van der Waals surface area (Å²) < 4.78 is 28.1. The molecule has 4 N–H and O–H groups in total. The average Bonchev–Trinajstić information content (AvgIpc) is 3.07. The predicted octanol–water partition coefficient (Wildman–Crippen LogP) is 2.27. The molecule has 10 heteroatoms. The maximum Gasteiger partial charge on any atom is 0.240 e. The van der Waals surface area contributed by atoms with Gasteiger partial charge in [-0.3, -0.25) is 0 Å². The van der Waals surface area contributed by atoms with Gasteiger partial charge in [0.25, 0.3) is 0 Å². The van der Waals surface area contributed by atoms with Crippen molar-refractivity contribution in [3.05, 3.63) is 41.2 Å². The molecule has 0 atom stereocenters. The fourth-order valence-corrected chi connectivity index (χ4v) is 5.26. The van der Waals surface area contributed by atoms with Crippen LogP contribution in [0.15, 0.2) is 35.5 Å². The van der Waals surface area contributed by atoms with E-state index in [1.165, 1.54) is 11.3 Å². The molecular weight excluding hydrogens is 410 g/mol. The van der Waals surface area contributed by atoms with Crippen LogP contribution < -0.4 is 10.5 Å². The van der Waals surface area contributed by atoms with Gasteiger partial charge in [-0.2, -0.15) is 0 Å². The predicted molar refractivity (Wildman–Crippen MR) is 112 cm³/mol. The first kappa shape index (κ1) is 19.9. The summed E-state index contributed by atoms with van der Waals surface area (Å²) in [5, 5.41) is 10.3. The monoisotopic (exact) mass is 431 g/mol. The van der Waals surface area contributed by atoms with Crippen molar-refractivity contribution in [2.24, 2.45) is 0 Å². The van der Waals surface area contributed by atoms with Crippen LogP contribution in [0.4, 0.5) is 5.82 Å². The second-order valence-corrected chi connectivity index (χ2v) is 10.1. The van der Waals surface area contributed by atoms with Crippen LogP contribution in [0.2, 0.25) is 0 Å². The number of aliphatic hydroxyl groups excluding tert-OH is 1. The Morgan fingerprint density at radius 2 is 1.97 bits per heavy atom. The van der Waals surface area contributed by atoms with E-state index in [1.54, 1.807) is 30.6 Å². The average molecular weight is 432 g/mol. The molecule has 1 aliphatic carbocycles. The molecule has 0 unspecified atom stereocenters. The Hall–Kier alpha value is -2.40. The lowest BCUT2D eigenvalue weighted by Crippen LogP contribution is -2.46. The summed E-state index contributed by atoms with van der Waals surface area (Å²) in [4.78, 5) is 14.1. The molecule has 1 fully saturated rings. The lowest BCUT2D eigenvalue weighted by Gasteiger charge is -2.31. The summed E-state index contributed by atoms with van der Waals surface area (Å²) in [6.45, 7) is 3.78. The van der Waals surface area contributed by atoms with Gasteiger partial charge in [0.2, 0.25) is 10.0 Å². The van der Waals surface area contributed by atoms with Gasteiger partial charge in [-0.05, 0) is 44.4 Å². The molecule has 1 aromatic carbocycles. The topological polar surface area (TPSA) is 131 Å². The Balaban J connectivity index is 1.71. The number of nitrogens with one attached hydrogen (secondary N) is 1. The number of sulfonamides is 1. The molecule has 2 aromatic heterocycles. The van der Waals surface area contributed by atoms with Gasteiger partial charge in [0, 0.05) is 17.8 Å². The number of aliphatic hydroxyl groups is 1. The number of thiazole rings is 1. The Labute approximate surface area is 172 Å². The van der Waals surface area contributed by atoms with E-state index < -0.39 is 16.1 Å². The number of nitrogen functional groups attached to an aromatic ring is 1. The molecule has 0 amide bonds. The standard InChI is InChI=1S/C19H21N5O3S2/c1-10-3-4-14(29(26,27)24-12-5-13(25)6-12)7-15(10)16-8-22-19(20)18(23-16)17-9-21-11(2)28-17/h3-4,7-9,12-13,24-25H,5-6H2,1-2H3,(H2,20,22)/t12-,13-. The number of nitrogens with two attached hydrogens (primary N) is 1. The summed E-state index contributed by atoms with van der Waals surface area (Å²) in [5.41, 5.74) is 8.61. The summed E-state index contributed by atoms with van der Waals surface area (Å²) in [6, 6.07) is 4.66. The smallest absolute Gasteiger partial charge is 0.240 e. The van der Waals surface area contributed by atoms with Crippen molar-refractivity contribution in [2.75, 3.05) is 5.73 Å². The van der Waals surface area contributed by atoms with E-state index in [-0.39, 0.29) is 10.9 Å². The minimum absolute atomic E-state index is 0.147. The maximum atomic E-state index is 12.7. The first-order chi connectivity index (χ1) is 13.7. The van der Waals surface area contributed by atoms with Gasteiger partial charge in [-0.1, -0.05) is 6.07 Å². The van der Waals surface area contributed by atoms with Crippen LogP contribution in [-0.2, 0) is 10.0 Å². The highest BCUT2D eigenvalue weighted by Crippen LogP contribution is 2.32. The number of hydrogen-bond donors (Lipinski definition) is 3. The second-order valence-electron chi connectivity index (χ2n) is 7.15. The molecule has 0 bridgehead atoms. The normalized spacial score (nSPS) is 19.1. The number of aromatic nitrogens is 3. The van der Waals surface area contributed by atoms with E-state index in [0.29, 0.717) is 35.6 Å². The van der Waals surface area contributed by atoms with Crippen molar-refractivity contribution in [1.82, 2.24) is 19.7 Å². The molecule has 4 rings (SSSR count). The molecule has 8 nitrogen and oxygen atoms in total. The highest BCUT2D eigenvalue weighted by molar-refractivity contribution is 7.89. The molecule has 3 aromatic rings. The van der Waals surface area contributed by atoms with Crippen LogP contribution in [0, 0.1) is 13.8 Å². The number of aryl methyl sites for hydroxylation is 2. The lowest BCUT2D eigenvalue weighted by atomic mass is 9.91. The minimum atomic E-state index is -3.70. The van der Waals surface area contributed by atoms with Crippen LogP contribution in [0.3, 0.4) is 0 Å². The van der Waals surface area contributed by atoms with E-state index in [4.69, 9.17) is 5.73 Å². The molecular formula is C19H21N5O3S2. The third-order valence-electron chi connectivity index (χ3n) is 4.89. The Kier molecular flexibility index (Phi) is 5.11. The van der Waals surface area contributed by atoms with Crippen molar-refractivity contribution < 1.29 is 13.5 Å². The van der Waals surface area contributed by atoms with Gasteiger partial charge in [-0.25, -0.2) is 28.1 Å². The van der Waals surface area contributed by atoms with Crippen molar-refractivity contribution in [3.8, 4) is 21.8 Å². The van der Waals surface area contributed by atoms with Gasteiger partial charge >= 0.3 is 0 Å². The minimum Gasteiger partial charge on any atom is -0.393 e. The van der Waals surface area contributed by atoms with E-state index >= 15 is 0 Å². The molecule has 0 aliphatic heterocycles. The summed E-state index contributed by atoms with van der Waals surface area (Å²) in [7, 11) is -3.70. The molecule has 1 aliphatic rings. The molecule has 29 heavy (non-hydrogen) atoms. The van der Waals surface area contributed by atoms with Crippen LogP contribution in [0.25, 0.3) is 21.8 Å². The van der Waals surface area contributed by atoms with Gasteiger partial charge in [0.05, 0.1) is 32.8 Å². The number of rotatable bonds is 5. The van der Waals surface area contributed by atoms with Crippen LogP contribution >= 0.6 is 11.3 Å². The van der Waals surface area contributed by atoms with Crippen LogP contribution in [-0.4, -0.2) is 40.6 Å². The van der Waals surface area contributed by atoms with Gasteiger partial charge < -0.3 is 10.8 Å². The van der Waals surface area contributed by atoms with E-state index in [9.17, 15) is 13.5 Å². The SMILES string of the molecule is Cc1ncc(-c2nc(-c3cc(S(=O)(=O)N[C@H]4C[C@H](O)C4)ccc3C)cnc2N)s1. The molecule has 2 heterocycles. The van der Waals surface area contributed by atoms with E-state index in [2.05, 4.69) is 19.7 Å². The first-order valence-electron chi connectivity index (χ1n) is 9.09.